The number of carbonyl (C=O) groups excluding carboxylic acids is 1. The Hall–Kier alpha value is -2.08. The molecule has 2 atom stereocenters. The van der Waals surface area contributed by atoms with Gasteiger partial charge in [0.2, 0.25) is 5.91 Å². The Balaban J connectivity index is 2.76. The number of hydrogen-bond donors (Lipinski definition) is 3. The highest BCUT2D eigenvalue weighted by molar-refractivity contribution is 5.87. The summed E-state index contributed by atoms with van der Waals surface area (Å²) in [6.07, 6.45) is 0. The minimum absolute atomic E-state index is 0.0173. The maximum Gasteiger partial charge on any atom is 0.238 e. The van der Waals surface area contributed by atoms with Gasteiger partial charge >= 0.3 is 0 Å². The zero-order valence-electron chi connectivity index (χ0n) is 12.1. The predicted octanol–water partition coefficient (Wildman–Crippen LogP) is 0.583. The van der Waals surface area contributed by atoms with E-state index in [0.29, 0.717) is 6.54 Å². The van der Waals surface area contributed by atoms with Crippen molar-refractivity contribution < 1.29 is 10.0 Å². The number of nitrogens with zero attached hydrogens (tertiary/aromatic N) is 2. The van der Waals surface area contributed by atoms with E-state index in [0.717, 1.165) is 5.56 Å². The maximum atomic E-state index is 11.8. The Morgan fingerprint density at radius 1 is 1.40 bits per heavy atom. The summed E-state index contributed by atoms with van der Waals surface area (Å²) in [6, 6.07) is 9.16. The van der Waals surface area contributed by atoms with Crippen molar-refractivity contribution in [2.75, 3.05) is 20.6 Å². The fourth-order valence-electron chi connectivity index (χ4n) is 1.92. The molecule has 0 fully saturated rings. The van der Waals surface area contributed by atoms with Gasteiger partial charge in [-0.05, 0) is 12.5 Å². The first-order chi connectivity index (χ1) is 9.47. The summed E-state index contributed by atoms with van der Waals surface area (Å²) in [5, 5.41) is 15.1. The minimum atomic E-state index is -0.331. The molecule has 0 heterocycles. The lowest BCUT2D eigenvalue weighted by atomic mass is 9.97. The third kappa shape index (κ3) is 4.24. The second kappa shape index (κ2) is 7.49. The number of likely N-dealkylation sites (N-methyl/N-ethyl adjacent to an activating group) is 1. The average molecular weight is 278 g/mol. The third-order valence-corrected chi connectivity index (χ3v) is 3.11. The van der Waals surface area contributed by atoms with Gasteiger partial charge in [0.25, 0.3) is 0 Å². The normalized spacial score (nSPS) is 14.7. The molecule has 0 aromatic heterocycles. The molecule has 0 saturated carbocycles. The van der Waals surface area contributed by atoms with E-state index in [4.69, 9.17) is 10.9 Å². The van der Waals surface area contributed by atoms with E-state index in [-0.39, 0.29) is 23.7 Å². The maximum absolute atomic E-state index is 11.8. The SMILES string of the molecule is CC(NCC(C(N)=NO)c1ccccc1)C(=O)N(C)C. The molecule has 0 aliphatic carbocycles. The smallest absolute Gasteiger partial charge is 0.238 e. The number of nitrogens with one attached hydrogen (secondary N) is 1. The number of nitrogens with two attached hydrogens (primary N) is 1. The van der Waals surface area contributed by atoms with E-state index in [1.54, 1.807) is 21.0 Å². The van der Waals surface area contributed by atoms with Crippen molar-refractivity contribution in [1.82, 2.24) is 10.2 Å². The Labute approximate surface area is 119 Å². The summed E-state index contributed by atoms with van der Waals surface area (Å²) in [7, 11) is 3.41. The van der Waals surface area contributed by atoms with Gasteiger partial charge in [0.15, 0.2) is 0 Å². The van der Waals surface area contributed by atoms with Gasteiger partial charge in [0.05, 0.1) is 12.0 Å². The molecule has 2 unspecified atom stereocenters. The lowest BCUT2D eigenvalue weighted by molar-refractivity contribution is -0.130. The second-order valence-electron chi connectivity index (χ2n) is 4.85. The third-order valence-electron chi connectivity index (χ3n) is 3.11. The molecule has 1 aromatic rings. The van der Waals surface area contributed by atoms with E-state index in [1.165, 1.54) is 4.90 Å². The van der Waals surface area contributed by atoms with Crippen LogP contribution in [0.2, 0.25) is 0 Å². The summed E-state index contributed by atoms with van der Waals surface area (Å²) in [5.74, 6) is -0.178. The Morgan fingerprint density at radius 2 is 2.00 bits per heavy atom. The Bertz CT molecular complexity index is 460. The van der Waals surface area contributed by atoms with Crippen LogP contribution in [-0.4, -0.2) is 48.5 Å². The summed E-state index contributed by atoms with van der Waals surface area (Å²) in [5.41, 5.74) is 6.67. The van der Waals surface area contributed by atoms with Gasteiger partial charge in [-0.25, -0.2) is 0 Å². The standard InChI is InChI=1S/C14H22N4O2/c1-10(14(19)18(2)3)16-9-12(13(15)17-20)11-7-5-4-6-8-11/h4-8,10,12,16,20H,9H2,1-3H3,(H2,15,17). The van der Waals surface area contributed by atoms with Gasteiger partial charge in [-0.15, -0.1) is 0 Å². The molecular weight excluding hydrogens is 256 g/mol. The summed E-state index contributed by atoms with van der Waals surface area (Å²) >= 11 is 0. The Kier molecular flexibility index (Phi) is 5.99. The number of amides is 1. The first-order valence-corrected chi connectivity index (χ1v) is 6.44. The Morgan fingerprint density at radius 3 is 2.50 bits per heavy atom. The molecule has 1 rings (SSSR count). The van der Waals surface area contributed by atoms with Gasteiger partial charge < -0.3 is 21.2 Å². The van der Waals surface area contributed by atoms with Crippen molar-refractivity contribution in [3.8, 4) is 0 Å². The van der Waals surface area contributed by atoms with Crippen molar-refractivity contribution in [2.24, 2.45) is 10.9 Å². The van der Waals surface area contributed by atoms with Gasteiger partial charge in [0.1, 0.15) is 5.84 Å². The van der Waals surface area contributed by atoms with Crippen LogP contribution >= 0.6 is 0 Å². The highest BCUT2D eigenvalue weighted by atomic mass is 16.4. The van der Waals surface area contributed by atoms with Crippen LogP contribution < -0.4 is 11.1 Å². The zero-order valence-corrected chi connectivity index (χ0v) is 12.1. The molecule has 0 saturated heterocycles. The number of carbonyl (C=O) groups is 1. The summed E-state index contributed by atoms with van der Waals surface area (Å²) in [6.45, 7) is 2.21. The van der Waals surface area contributed by atoms with E-state index in [1.807, 2.05) is 30.3 Å². The lowest BCUT2D eigenvalue weighted by Crippen LogP contribution is -2.44. The molecule has 0 bridgehead atoms. The highest BCUT2D eigenvalue weighted by Gasteiger charge is 2.20. The topological polar surface area (TPSA) is 91.0 Å². The van der Waals surface area contributed by atoms with Crippen molar-refractivity contribution in [2.45, 2.75) is 18.9 Å². The second-order valence-corrected chi connectivity index (χ2v) is 4.85. The molecule has 20 heavy (non-hydrogen) atoms. The molecule has 110 valence electrons. The number of amidine groups is 1. The van der Waals surface area contributed by atoms with Crippen LogP contribution in [0.1, 0.15) is 18.4 Å². The molecule has 1 amide bonds. The van der Waals surface area contributed by atoms with Gasteiger partial charge in [-0.1, -0.05) is 35.5 Å². The monoisotopic (exact) mass is 278 g/mol. The molecular formula is C14H22N4O2. The van der Waals surface area contributed by atoms with Crippen LogP contribution in [0.3, 0.4) is 0 Å². The van der Waals surface area contributed by atoms with Crippen LogP contribution in [0.15, 0.2) is 35.5 Å². The fourth-order valence-corrected chi connectivity index (χ4v) is 1.92. The average Bonchev–Trinajstić information content (AvgIpc) is 2.46. The first-order valence-electron chi connectivity index (χ1n) is 6.44. The minimum Gasteiger partial charge on any atom is -0.409 e. The quantitative estimate of drug-likeness (QED) is 0.307. The van der Waals surface area contributed by atoms with Gasteiger partial charge in [0, 0.05) is 20.6 Å². The number of oxime groups is 1. The molecule has 6 heteroatoms. The number of benzene rings is 1. The zero-order chi connectivity index (χ0) is 15.1. The predicted molar refractivity (Wildman–Crippen MR) is 78.8 cm³/mol. The van der Waals surface area contributed by atoms with Crippen molar-refractivity contribution in [3.63, 3.8) is 0 Å². The van der Waals surface area contributed by atoms with Crippen LogP contribution in [-0.2, 0) is 4.79 Å². The van der Waals surface area contributed by atoms with Gasteiger partial charge in [-0.2, -0.15) is 0 Å². The van der Waals surface area contributed by atoms with Crippen molar-refractivity contribution in [3.05, 3.63) is 35.9 Å². The molecule has 0 aliphatic rings. The fraction of sp³-hybridized carbons (Fsp3) is 0.429. The van der Waals surface area contributed by atoms with Gasteiger partial charge in [-0.3, -0.25) is 4.79 Å². The van der Waals surface area contributed by atoms with Crippen LogP contribution in [0.5, 0.6) is 0 Å². The van der Waals surface area contributed by atoms with E-state index < -0.39 is 0 Å². The summed E-state index contributed by atoms with van der Waals surface area (Å²) < 4.78 is 0. The first kappa shape index (κ1) is 16.0. The van der Waals surface area contributed by atoms with E-state index >= 15 is 0 Å². The molecule has 0 aliphatic heterocycles. The molecule has 4 N–H and O–H groups in total. The van der Waals surface area contributed by atoms with Crippen molar-refractivity contribution >= 4 is 11.7 Å². The summed E-state index contributed by atoms with van der Waals surface area (Å²) in [4.78, 5) is 13.3. The van der Waals surface area contributed by atoms with E-state index in [2.05, 4.69) is 10.5 Å². The lowest BCUT2D eigenvalue weighted by Gasteiger charge is -2.22. The molecule has 1 aromatic carbocycles. The molecule has 0 radical (unpaired) electrons. The highest BCUT2D eigenvalue weighted by Crippen LogP contribution is 2.15. The molecule has 6 nitrogen and oxygen atoms in total. The van der Waals surface area contributed by atoms with Crippen LogP contribution in [0.25, 0.3) is 0 Å². The number of rotatable bonds is 6. The van der Waals surface area contributed by atoms with Crippen LogP contribution in [0, 0.1) is 0 Å². The number of hydrogen-bond acceptors (Lipinski definition) is 4. The van der Waals surface area contributed by atoms with Crippen LogP contribution in [0.4, 0.5) is 0 Å². The molecule has 0 spiro atoms. The van der Waals surface area contributed by atoms with E-state index in [9.17, 15) is 4.79 Å². The largest absolute Gasteiger partial charge is 0.409 e. The van der Waals surface area contributed by atoms with Crippen molar-refractivity contribution in [1.29, 1.82) is 0 Å².